The van der Waals surface area contributed by atoms with Gasteiger partial charge in [-0.15, -0.1) is 0 Å². The molecule has 5 heteroatoms. The maximum absolute atomic E-state index is 11.6. The van der Waals surface area contributed by atoms with E-state index in [9.17, 15) is 9.59 Å². The van der Waals surface area contributed by atoms with Crippen LogP contribution in [0, 0.1) is 0 Å². The van der Waals surface area contributed by atoms with Crippen molar-refractivity contribution in [2.75, 3.05) is 17.7 Å². The first-order chi connectivity index (χ1) is 12.1. The van der Waals surface area contributed by atoms with Gasteiger partial charge >= 0.3 is 6.03 Å². The number of para-hydroxylation sites is 2. The third kappa shape index (κ3) is 14.5. The van der Waals surface area contributed by atoms with Crippen LogP contribution in [0.2, 0.25) is 0 Å². The lowest BCUT2D eigenvalue weighted by Gasteiger charge is -2.06. The van der Waals surface area contributed by atoms with Crippen LogP contribution in [0.15, 0.2) is 60.7 Å². The minimum atomic E-state index is -0.239. The van der Waals surface area contributed by atoms with Crippen LogP contribution >= 0.6 is 0 Å². The lowest BCUT2D eigenvalue weighted by atomic mass is 10.3. The summed E-state index contributed by atoms with van der Waals surface area (Å²) in [7, 11) is 1.60. The van der Waals surface area contributed by atoms with E-state index in [0.29, 0.717) is 0 Å². The molecule has 0 heterocycles. The zero-order valence-electron chi connectivity index (χ0n) is 16.1. The molecule has 0 saturated carbocycles. The second-order valence-electron chi connectivity index (χ2n) is 4.12. The summed E-state index contributed by atoms with van der Waals surface area (Å²) in [6.07, 6.45) is 0. The van der Waals surface area contributed by atoms with Crippen LogP contribution in [0.3, 0.4) is 0 Å². The van der Waals surface area contributed by atoms with Crippen LogP contribution in [-0.4, -0.2) is 19.0 Å². The van der Waals surface area contributed by atoms with Crippen molar-refractivity contribution in [2.45, 2.75) is 34.6 Å². The number of anilines is 2. The fourth-order valence-electron chi connectivity index (χ4n) is 1.34. The van der Waals surface area contributed by atoms with Gasteiger partial charge < -0.3 is 16.0 Å². The van der Waals surface area contributed by atoms with Crippen LogP contribution in [0.5, 0.6) is 0 Å². The number of hydrogen-bond acceptors (Lipinski definition) is 2. The van der Waals surface area contributed by atoms with E-state index in [-0.39, 0.29) is 11.9 Å². The standard InChI is InChI=1S/C13H12N2O.C3H7NO.2C2H6/c16-13(14-11-7-3-1-4-8-11)15-12-9-5-2-6-10-12;1-3(5)4-2;2*1-2/h1-10H,(H2,14,15,16);1-2H3,(H,4,5);2*1-2H3. The molecule has 0 radical (unpaired) electrons. The molecular weight excluding hydrogens is 314 g/mol. The van der Waals surface area contributed by atoms with E-state index in [1.165, 1.54) is 6.92 Å². The molecule has 2 aromatic carbocycles. The molecule has 0 bridgehead atoms. The number of hydrogen-bond donors (Lipinski definition) is 3. The Morgan fingerprint density at radius 2 is 0.960 bits per heavy atom. The number of carbonyl (C=O) groups excluding carboxylic acids is 2. The van der Waals surface area contributed by atoms with Gasteiger partial charge in [0.1, 0.15) is 0 Å². The van der Waals surface area contributed by atoms with Crippen LogP contribution in [0.25, 0.3) is 0 Å². The summed E-state index contributed by atoms with van der Waals surface area (Å²) in [6, 6.07) is 18.4. The summed E-state index contributed by atoms with van der Waals surface area (Å²) in [5, 5.41) is 7.87. The SMILES string of the molecule is CC.CC.CNC(C)=O.O=C(Nc1ccccc1)Nc1ccccc1. The number of urea groups is 1. The largest absolute Gasteiger partial charge is 0.359 e. The highest BCUT2D eigenvalue weighted by atomic mass is 16.2. The number of amides is 3. The number of benzene rings is 2. The van der Waals surface area contributed by atoms with Gasteiger partial charge in [0, 0.05) is 25.3 Å². The van der Waals surface area contributed by atoms with E-state index in [1.54, 1.807) is 7.05 Å². The Kier molecular flexibility index (Phi) is 17.1. The fraction of sp³-hybridized carbons (Fsp3) is 0.300. The Labute approximate surface area is 151 Å². The Bertz CT molecular complexity index is 514. The van der Waals surface area contributed by atoms with Crippen molar-refractivity contribution in [1.29, 1.82) is 0 Å². The summed E-state index contributed by atoms with van der Waals surface area (Å²) in [5.74, 6) is 0.00463. The number of rotatable bonds is 2. The monoisotopic (exact) mass is 345 g/mol. The van der Waals surface area contributed by atoms with Crippen LogP contribution in [-0.2, 0) is 4.79 Å². The van der Waals surface area contributed by atoms with E-state index < -0.39 is 0 Å². The van der Waals surface area contributed by atoms with Crippen molar-refractivity contribution < 1.29 is 9.59 Å². The van der Waals surface area contributed by atoms with Crippen LogP contribution in [0.1, 0.15) is 34.6 Å². The molecular formula is C20H31N3O2. The maximum Gasteiger partial charge on any atom is 0.323 e. The predicted molar refractivity (Wildman–Crippen MR) is 108 cm³/mol. The van der Waals surface area contributed by atoms with Crippen molar-refractivity contribution in [3.63, 3.8) is 0 Å². The Hall–Kier alpha value is -2.82. The Morgan fingerprint density at radius 1 is 0.680 bits per heavy atom. The molecule has 0 unspecified atom stereocenters. The summed E-state index contributed by atoms with van der Waals surface area (Å²) in [4.78, 5) is 21.3. The molecule has 0 aliphatic heterocycles. The molecule has 25 heavy (non-hydrogen) atoms. The molecule has 2 aromatic rings. The summed E-state index contributed by atoms with van der Waals surface area (Å²) in [6.45, 7) is 9.47. The highest BCUT2D eigenvalue weighted by molar-refractivity contribution is 5.99. The average Bonchev–Trinajstić information content (AvgIpc) is 2.67. The molecule has 0 aliphatic rings. The topological polar surface area (TPSA) is 70.2 Å². The smallest absolute Gasteiger partial charge is 0.323 e. The molecule has 138 valence electrons. The van der Waals surface area contributed by atoms with E-state index in [1.807, 2.05) is 88.4 Å². The molecule has 2 rings (SSSR count). The molecule has 3 N–H and O–H groups in total. The molecule has 5 nitrogen and oxygen atoms in total. The summed E-state index contributed by atoms with van der Waals surface area (Å²) < 4.78 is 0. The van der Waals surface area contributed by atoms with Gasteiger partial charge in [0.05, 0.1) is 0 Å². The van der Waals surface area contributed by atoms with Crippen molar-refractivity contribution in [3.8, 4) is 0 Å². The van der Waals surface area contributed by atoms with Gasteiger partial charge in [-0.25, -0.2) is 4.79 Å². The lowest BCUT2D eigenvalue weighted by Crippen LogP contribution is -2.19. The van der Waals surface area contributed by atoms with Gasteiger partial charge in [-0.05, 0) is 24.3 Å². The highest BCUT2D eigenvalue weighted by Gasteiger charge is 2.00. The van der Waals surface area contributed by atoms with E-state index in [4.69, 9.17) is 0 Å². The fourth-order valence-corrected chi connectivity index (χ4v) is 1.34. The second-order valence-corrected chi connectivity index (χ2v) is 4.12. The zero-order valence-corrected chi connectivity index (χ0v) is 16.1. The van der Waals surface area contributed by atoms with Crippen molar-refractivity contribution in [1.82, 2.24) is 5.32 Å². The third-order valence-corrected chi connectivity index (χ3v) is 2.42. The second kappa shape index (κ2) is 17.5. The van der Waals surface area contributed by atoms with E-state index in [2.05, 4.69) is 16.0 Å². The first kappa shape index (κ1) is 24.4. The number of carbonyl (C=O) groups is 2. The average molecular weight is 345 g/mol. The van der Waals surface area contributed by atoms with Gasteiger partial charge in [-0.1, -0.05) is 64.1 Å². The third-order valence-electron chi connectivity index (χ3n) is 2.42. The zero-order chi connectivity index (χ0) is 19.5. The first-order valence-corrected chi connectivity index (χ1v) is 8.48. The first-order valence-electron chi connectivity index (χ1n) is 8.48. The Balaban J connectivity index is 0. The van der Waals surface area contributed by atoms with Crippen molar-refractivity contribution in [2.24, 2.45) is 0 Å². The summed E-state index contributed by atoms with van der Waals surface area (Å²) >= 11 is 0. The molecule has 0 fully saturated rings. The molecule has 0 saturated heterocycles. The van der Waals surface area contributed by atoms with Gasteiger partial charge in [0.15, 0.2) is 0 Å². The van der Waals surface area contributed by atoms with Crippen molar-refractivity contribution >= 4 is 23.3 Å². The van der Waals surface area contributed by atoms with E-state index in [0.717, 1.165) is 11.4 Å². The van der Waals surface area contributed by atoms with Crippen LogP contribution < -0.4 is 16.0 Å². The van der Waals surface area contributed by atoms with Gasteiger partial charge in [0.25, 0.3) is 0 Å². The lowest BCUT2D eigenvalue weighted by molar-refractivity contribution is -0.118. The number of nitrogens with one attached hydrogen (secondary N) is 3. The van der Waals surface area contributed by atoms with Crippen molar-refractivity contribution in [3.05, 3.63) is 60.7 Å². The van der Waals surface area contributed by atoms with Gasteiger partial charge in [-0.2, -0.15) is 0 Å². The van der Waals surface area contributed by atoms with Crippen LogP contribution in [0.4, 0.5) is 16.2 Å². The maximum atomic E-state index is 11.6. The minimum absolute atomic E-state index is 0.00463. The quantitative estimate of drug-likeness (QED) is 0.705. The Morgan fingerprint density at radius 3 is 1.20 bits per heavy atom. The summed E-state index contributed by atoms with van der Waals surface area (Å²) in [5.41, 5.74) is 1.55. The molecule has 0 atom stereocenters. The predicted octanol–water partition coefficient (Wildman–Crippen LogP) is 5.14. The molecule has 3 amide bonds. The van der Waals surface area contributed by atoms with Gasteiger partial charge in [-0.3, -0.25) is 4.79 Å². The molecule has 0 spiro atoms. The normalized spacial score (nSPS) is 7.92. The highest BCUT2D eigenvalue weighted by Crippen LogP contribution is 2.08. The molecule has 0 aliphatic carbocycles. The molecule has 0 aromatic heterocycles. The van der Waals surface area contributed by atoms with E-state index >= 15 is 0 Å². The van der Waals surface area contributed by atoms with Gasteiger partial charge in [0.2, 0.25) is 5.91 Å². The minimum Gasteiger partial charge on any atom is -0.359 e.